The monoisotopic (exact) mass is 313 g/mol. The van der Waals surface area contributed by atoms with Crippen LogP contribution in [0.2, 0.25) is 0 Å². The van der Waals surface area contributed by atoms with Crippen molar-refractivity contribution >= 4 is 11.6 Å². The Morgan fingerprint density at radius 2 is 1.74 bits per heavy atom. The molecule has 0 N–H and O–H groups in total. The summed E-state index contributed by atoms with van der Waals surface area (Å²) < 4.78 is 10.8. The minimum absolute atomic E-state index is 0.00798. The third-order valence-electron chi connectivity index (χ3n) is 5.16. The molecule has 0 saturated heterocycles. The fraction of sp³-hybridized carbons (Fsp3) is 0.444. The van der Waals surface area contributed by atoms with E-state index < -0.39 is 0 Å². The third-order valence-corrected chi connectivity index (χ3v) is 5.16. The van der Waals surface area contributed by atoms with Crippen molar-refractivity contribution in [3.8, 4) is 11.5 Å². The molecule has 0 radical (unpaired) electrons. The first-order chi connectivity index (χ1) is 11.1. The highest BCUT2D eigenvalue weighted by atomic mass is 16.5. The molecule has 1 aromatic carbocycles. The van der Waals surface area contributed by atoms with Crippen LogP contribution in [0, 0.1) is 0 Å². The summed E-state index contributed by atoms with van der Waals surface area (Å²) in [5, 5.41) is 0. The highest BCUT2D eigenvalue weighted by molar-refractivity contribution is 6.22. The van der Waals surface area contributed by atoms with Crippen molar-refractivity contribution in [1.82, 2.24) is 4.90 Å². The minimum atomic E-state index is -0.00798. The summed E-state index contributed by atoms with van der Waals surface area (Å²) >= 11 is 0. The molecule has 0 aromatic heterocycles. The Labute approximate surface area is 134 Å². The fourth-order valence-corrected chi connectivity index (χ4v) is 4.10. The van der Waals surface area contributed by atoms with Gasteiger partial charge in [-0.3, -0.25) is 9.59 Å². The smallest absolute Gasteiger partial charge is 0.170 e. The number of hydrogen-bond donors (Lipinski definition) is 0. The molecule has 1 aromatic rings. The van der Waals surface area contributed by atoms with E-state index >= 15 is 0 Å². The van der Waals surface area contributed by atoms with Gasteiger partial charge < -0.3 is 14.4 Å². The summed E-state index contributed by atoms with van der Waals surface area (Å²) in [6.07, 6.45) is 2.41. The quantitative estimate of drug-likeness (QED) is 0.784. The minimum Gasteiger partial charge on any atom is -0.493 e. The number of fused-ring (bicyclic) bond motifs is 4. The second-order valence-corrected chi connectivity index (χ2v) is 6.24. The van der Waals surface area contributed by atoms with Gasteiger partial charge in [-0.1, -0.05) is 0 Å². The van der Waals surface area contributed by atoms with Crippen molar-refractivity contribution in [2.24, 2.45) is 0 Å². The van der Waals surface area contributed by atoms with Crippen LogP contribution in [0.25, 0.3) is 0 Å². The van der Waals surface area contributed by atoms with E-state index in [0.29, 0.717) is 30.6 Å². The maximum atomic E-state index is 12.5. The molecule has 23 heavy (non-hydrogen) atoms. The van der Waals surface area contributed by atoms with Crippen molar-refractivity contribution in [3.63, 3.8) is 0 Å². The molecule has 0 bridgehead atoms. The van der Waals surface area contributed by atoms with Crippen molar-refractivity contribution < 1.29 is 19.1 Å². The number of methoxy groups -OCH3 is 2. The van der Waals surface area contributed by atoms with Crippen LogP contribution >= 0.6 is 0 Å². The van der Waals surface area contributed by atoms with Gasteiger partial charge in [0, 0.05) is 25.1 Å². The van der Waals surface area contributed by atoms with Crippen molar-refractivity contribution in [2.75, 3.05) is 20.8 Å². The van der Waals surface area contributed by atoms with Crippen LogP contribution in [0.5, 0.6) is 11.5 Å². The maximum Gasteiger partial charge on any atom is 0.170 e. The molecule has 1 atom stereocenters. The first kappa shape index (κ1) is 14.3. The van der Waals surface area contributed by atoms with Crippen LogP contribution < -0.4 is 9.47 Å². The van der Waals surface area contributed by atoms with Crippen LogP contribution in [0.15, 0.2) is 23.4 Å². The molecule has 3 aliphatic rings. The number of nitrogens with zero attached hydrogens (tertiary/aromatic N) is 1. The Hall–Kier alpha value is -2.30. The molecule has 1 unspecified atom stereocenters. The van der Waals surface area contributed by atoms with E-state index in [-0.39, 0.29) is 17.6 Å². The normalized spacial score (nSPS) is 22.7. The second kappa shape index (κ2) is 5.11. The van der Waals surface area contributed by atoms with Crippen LogP contribution in [0.3, 0.4) is 0 Å². The van der Waals surface area contributed by atoms with E-state index in [4.69, 9.17) is 9.47 Å². The van der Waals surface area contributed by atoms with Gasteiger partial charge in [-0.25, -0.2) is 0 Å². The number of ether oxygens (including phenoxy) is 2. The van der Waals surface area contributed by atoms with E-state index in [1.54, 1.807) is 14.2 Å². The van der Waals surface area contributed by atoms with Gasteiger partial charge in [0.2, 0.25) is 0 Å². The highest BCUT2D eigenvalue weighted by Gasteiger charge is 2.42. The van der Waals surface area contributed by atoms with Crippen LogP contribution in [0.1, 0.15) is 36.4 Å². The summed E-state index contributed by atoms with van der Waals surface area (Å²) in [6, 6.07) is 4.01. The predicted molar refractivity (Wildman–Crippen MR) is 83.6 cm³/mol. The Bertz CT molecular complexity index is 750. The zero-order valence-corrected chi connectivity index (χ0v) is 13.3. The van der Waals surface area contributed by atoms with Gasteiger partial charge in [0.05, 0.1) is 25.8 Å². The summed E-state index contributed by atoms with van der Waals surface area (Å²) in [5.41, 5.74) is 3.74. The van der Waals surface area contributed by atoms with E-state index in [9.17, 15) is 9.59 Å². The summed E-state index contributed by atoms with van der Waals surface area (Å²) in [7, 11) is 3.25. The van der Waals surface area contributed by atoms with Crippen molar-refractivity contribution in [2.45, 2.75) is 31.7 Å². The number of ketones is 2. The topological polar surface area (TPSA) is 55.8 Å². The number of hydrogen-bond acceptors (Lipinski definition) is 5. The Morgan fingerprint density at radius 3 is 2.48 bits per heavy atom. The van der Waals surface area contributed by atoms with E-state index in [2.05, 4.69) is 4.90 Å². The number of benzene rings is 1. The number of carbonyl (C=O) groups excluding carboxylic acids is 2. The van der Waals surface area contributed by atoms with Crippen LogP contribution in [-0.4, -0.2) is 37.2 Å². The summed E-state index contributed by atoms with van der Waals surface area (Å²) in [5.74, 6) is 1.41. The zero-order chi connectivity index (χ0) is 16.1. The second-order valence-electron chi connectivity index (χ2n) is 6.24. The lowest BCUT2D eigenvalue weighted by atomic mass is 9.84. The fourth-order valence-electron chi connectivity index (χ4n) is 4.10. The maximum absolute atomic E-state index is 12.5. The number of allylic oxidation sites excluding steroid dienone is 2. The molecule has 120 valence electrons. The molecule has 1 aliphatic carbocycles. The van der Waals surface area contributed by atoms with E-state index in [1.165, 1.54) is 5.56 Å². The van der Waals surface area contributed by atoms with Gasteiger partial charge in [-0.15, -0.1) is 0 Å². The Kier molecular flexibility index (Phi) is 3.18. The molecule has 2 heterocycles. The number of carbonyl (C=O) groups is 2. The number of rotatable bonds is 2. The van der Waals surface area contributed by atoms with E-state index in [1.807, 2.05) is 12.1 Å². The molecular weight excluding hydrogens is 294 g/mol. The molecular formula is C18H19NO4. The van der Waals surface area contributed by atoms with Gasteiger partial charge in [-0.2, -0.15) is 0 Å². The first-order valence-corrected chi connectivity index (χ1v) is 7.95. The lowest BCUT2D eigenvalue weighted by molar-refractivity contribution is -0.122. The zero-order valence-electron chi connectivity index (χ0n) is 13.3. The third kappa shape index (κ3) is 1.99. The van der Waals surface area contributed by atoms with Gasteiger partial charge in [0.1, 0.15) is 0 Å². The molecule has 0 fully saturated rings. The van der Waals surface area contributed by atoms with Crippen LogP contribution in [0.4, 0.5) is 0 Å². The molecule has 0 spiro atoms. The van der Waals surface area contributed by atoms with Gasteiger partial charge in [-0.05, 0) is 36.1 Å². The molecule has 5 nitrogen and oxygen atoms in total. The molecule has 4 rings (SSSR count). The Balaban J connectivity index is 1.81. The SMILES string of the molecule is COc1cc2c(cc1OC)C1CC(=O)C3=C(CCC3=O)N1CC2. The first-order valence-electron chi connectivity index (χ1n) is 7.95. The van der Waals surface area contributed by atoms with Crippen molar-refractivity contribution in [1.29, 1.82) is 0 Å². The number of Topliss-reactive ketones (excluding diaryl/α,β-unsaturated/α-hetero) is 2. The van der Waals surface area contributed by atoms with Gasteiger partial charge >= 0.3 is 0 Å². The standard InChI is InChI=1S/C18H19NO4/c1-22-16-7-10-5-6-19-12-3-4-14(20)18(12)15(21)9-13(19)11(10)8-17(16)23-2/h7-8,13H,3-6,9H2,1-2H3. The highest BCUT2D eigenvalue weighted by Crippen LogP contribution is 2.46. The average molecular weight is 313 g/mol. The van der Waals surface area contributed by atoms with Gasteiger partial charge in [0.15, 0.2) is 23.1 Å². The molecule has 0 amide bonds. The average Bonchev–Trinajstić information content (AvgIpc) is 2.96. The van der Waals surface area contributed by atoms with Gasteiger partial charge in [0.25, 0.3) is 0 Å². The van der Waals surface area contributed by atoms with Crippen LogP contribution in [-0.2, 0) is 16.0 Å². The molecule has 5 heteroatoms. The summed E-state index contributed by atoms with van der Waals surface area (Å²) in [6.45, 7) is 0.840. The van der Waals surface area contributed by atoms with E-state index in [0.717, 1.165) is 30.0 Å². The Morgan fingerprint density at radius 1 is 1.00 bits per heavy atom. The lowest BCUT2D eigenvalue weighted by Crippen LogP contribution is -2.40. The largest absolute Gasteiger partial charge is 0.493 e. The molecule has 0 saturated carbocycles. The van der Waals surface area contributed by atoms with Crippen molar-refractivity contribution in [3.05, 3.63) is 34.5 Å². The predicted octanol–water partition coefficient (Wildman–Crippen LogP) is 2.19. The summed E-state index contributed by atoms with van der Waals surface area (Å²) in [4.78, 5) is 26.7. The lowest BCUT2D eigenvalue weighted by Gasteiger charge is -2.42. The molecule has 2 aliphatic heterocycles.